The van der Waals surface area contributed by atoms with Gasteiger partial charge in [-0.3, -0.25) is 14.2 Å². The van der Waals surface area contributed by atoms with Crippen LogP contribution in [0.5, 0.6) is 0 Å². The number of carbonyl (C=O) groups excluding carboxylic acids is 1. The Balaban J connectivity index is 1.78. The Hall–Kier alpha value is -3.23. The minimum atomic E-state index is -0.742. The molecule has 2 heterocycles. The number of halogens is 2. The molecular weight excluding hydrogens is 370 g/mol. The molecule has 0 spiro atoms. The van der Waals surface area contributed by atoms with Gasteiger partial charge in [0.2, 0.25) is 5.91 Å². The molecule has 1 aliphatic rings. The molecule has 0 aliphatic carbocycles. The molecule has 1 aliphatic heterocycles. The highest BCUT2D eigenvalue weighted by molar-refractivity contribution is 6.02. The molecular formula is C19H20F2N4O3. The first kappa shape index (κ1) is 19.5. The van der Waals surface area contributed by atoms with Gasteiger partial charge in [-0.25, -0.2) is 13.6 Å². The second kappa shape index (κ2) is 7.79. The first-order valence-corrected chi connectivity index (χ1v) is 8.77. The van der Waals surface area contributed by atoms with Gasteiger partial charge in [-0.05, 0) is 31.1 Å². The zero-order chi connectivity index (χ0) is 20.4. The third-order valence-corrected chi connectivity index (χ3v) is 4.59. The number of aryl methyl sites for hydroxylation is 1. The summed E-state index contributed by atoms with van der Waals surface area (Å²) in [5.74, 6) is -2.15. The number of rotatable bonds is 4. The predicted octanol–water partition coefficient (Wildman–Crippen LogP) is 1.61. The summed E-state index contributed by atoms with van der Waals surface area (Å²) < 4.78 is 30.8. The number of amides is 1. The van der Waals surface area contributed by atoms with Crippen molar-refractivity contribution in [1.29, 1.82) is 0 Å². The SMILES string of the molecule is Cn1cc(/C=C/C(=O)Nc2cc(F)c(N3CCCC3)c(F)c2)c(=O)n(C)c1=O. The number of aromatic nitrogens is 2. The summed E-state index contributed by atoms with van der Waals surface area (Å²) in [5, 5.41) is 2.37. The normalized spacial score (nSPS) is 14.1. The van der Waals surface area contributed by atoms with Crippen LogP contribution in [-0.2, 0) is 18.9 Å². The highest BCUT2D eigenvalue weighted by Crippen LogP contribution is 2.29. The average Bonchev–Trinajstić information content (AvgIpc) is 3.15. The molecule has 0 atom stereocenters. The van der Waals surface area contributed by atoms with Crippen LogP contribution >= 0.6 is 0 Å². The molecule has 1 aromatic heterocycles. The maximum Gasteiger partial charge on any atom is 0.330 e. The number of anilines is 2. The molecule has 28 heavy (non-hydrogen) atoms. The van der Waals surface area contributed by atoms with Crippen molar-refractivity contribution >= 4 is 23.4 Å². The van der Waals surface area contributed by atoms with Gasteiger partial charge in [0, 0.05) is 45.1 Å². The van der Waals surface area contributed by atoms with Crippen LogP contribution in [0.25, 0.3) is 6.08 Å². The van der Waals surface area contributed by atoms with Crippen LogP contribution in [0.4, 0.5) is 20.2 Å². The summed E-state index contributed by atoms with van der Waals surface area (Å²) in [6.45, 7) is 1.19. The van der Waals surface area contributed by atoms with Gasteiger partial charge in [0.25, 0.3) is 5.56 Å². The van der Waals surface area contributed by atoms with E-state index in [1.54, 1.807) is 4.90 Å². The lowest BCUT2D eigenvalue weighted by atomic mass is 10.2. The van der Waals surface area contributed by atoms with Crippen LogP contribution in [0.1, 0.15) is 18.4 Å². The fourth-order valence-electron chi connectivity index (χ4n) is 3.18. The predicted molar refractivity (Wildman–Crippen MR) is 102 cm³/mol. The quantitative estimate of drug-likeness (QED) is 0.805. The zero-order valence-corrected chi connectivity index (χ0v) is 15.5. The molecule has 0 saturated carbocycles. The topological polar surface area (TPSA) is 76.3 Å². The molecule has 1 saturated heterocycles. The molecule has 1 amide bonds. The lowest BCUT2D eigenvalue weighted by Crippen LogP contribution is -2.37. The van der Waals surface area contributed by atoms with Gasteiger partial charge in [0.1, 0.15) is 5.69 Å². The monoisotopic (exact) mass is 390 g/mol. The van der Waals surface area contributed by atoms with Crippen LogP contribution in [0.3, 0.4) is 0 Å². The summed E-state index contributed by atoms with van der Waals surface area (Å²) in [6.07, 6.45) is 5.37. The van der Waals surface area contributed by atoms with Crippen molar-refractivity contribution in [2.45, 2.75) is 12.8 Å². The van der Waals surface area contributed by atoms with Crippen molar-refractivity contribution in [3.63, 3.8) is 0 Å². The largest absolute Gasteiger partial charge is 0.367 e. The maximum atomic E-state index is 14.3. The van der Waals surface area contributed by atoms with Crippen LogP contribution in [-0.4, -0.2) is 28.1 Å². The second-order valence-corrected chi connectivity index (χ2v) is 6.65. The van der Waals surface area contributed by atoms with E-state index in [0.717, 1.165) is 35.6 Å². The van der Waals surface area contributed by atoms with E-state index >= 15 is 0 Å². The van der Waals surface area contributed by atoms with Gasteiger partial charge < -0.3 is 14.8 Å². The van der Waals surface area contributed by atoms with Gasteiger partial charge in [0.05, 0.1) is 5.56 Å². The first-order chi connectivity index (χ1) is 13.3. The van der Waals surface area contributed by atoms with E-state index in [-0.39, 0.29) is 16.9 Å². The Morgan fingerprint density at radius 3 is 2.32 bits per heavy atom. The molecule has 0 radical (unpaired) electrons. The minimum Gasteiger partial charge on any atom is -0.367 e. The summed E-state index contributed by atoms with van der Waals surface area (Å²) in [7, 11) is 2.81. The van der Waals surface area contributed by atoms with Crippen molar-refractivity contribution in [3.05, 3.63) is 62.4 Å². The fourth-order valence-corrected chi connectivity index (χ4v) is 3.18. The summed E-state index contributed by atoms with van der Waals surface area (Å²) in [4.78, 5) is 37.4. The van der Waals surface area contributed by atoms with Crippen molar-refractivity contribution < 1.29 is 13.6 Å². The Morgan fingerprint density at radius 1 is 1.11 bits per heavy atom. The molecule has 9 heteroatoms. The highest BCUT2D eigenvalue weighted by atomic mass is 19.1. The molecule has 0 bridgehead atoms. The fraction of sp³-hybridized carbons (Fsp3) is 0.316. The van der Waals surface area contributed by atoms with Crippen LogP contribution < -0.4 is 21.5 Å². The van der Waals surface area contributed by atoms with Crippen molar-refractivity contribution in [1.82, 2.24) is 9.13 Å². The van der Waals surface area contributed by atoms with Gasteiger partial charge >= 0.3 is 5.69 Å². The molecule has 0 unspecified atom stereocenters. The number of hydrogen-bond donors (Lipinski definition) is 1. The molecule has 148 valence electrons. The third kappa shape index (κ3) is 3.88. The molecule has 1 N–H and O–H groups in total. The lowest BCUT2D eigenvalue weighted by molar-refractivity contribution is -0.111. The van der Waals surface area contributed by atoms with Gasteiger partial charge in [-0.15, -0.1) is 0 Å². The first-order valence-electron chi connectivity index (χ1n) is 8.77. The van der Waals surface area contributed by atoms with E-state index in [0.29, 0.717) is 13.1 Å². The molecule has 2 aromatic rings. The molecule has 7 nitrogen and oxygen atoms in total. The van der Waals surface area contributed by atoms with Gasteiger partial charge in [-0.2, -0.15) is 0 Å². The van der Waals surface area contributed by atoms with Crippen LogP contribution in [0.15, 0.2) is 34.0 Å². The number of carbonyl (C=O) groups is 1. The smallest absolute Gasteiger partial charge is 0.330 e. The summed E-state index contributed by atoms with van der Waals surface area (Å²) >= 11 is 0. The number of benzene rings is 1. The van der Waals surface area contributed by atoms with Crippen molar-refractivity contribution in [3.8, 4) is 0 Å². The third-order valence-electron chi connectivity index (χ3n) is 4.59. The lowest BCUT2D eigenvalue weighted by Gasteiger charge is -2.19. The Morgan fingerprint density at radius 2 is 1.71 bits per heavy atom. The standard InChI is InChI=1S/C19H20F2N4O3/c1-23-11-12(18(27)24(2)19(23)28)5-6-16(26)22-13-9-14(20)17(15(21)10-13)25-7-3-4-8-25/h5-6,9-11H,3-4,7-8H2,1-2H3,(H,22,26)/b6-5+. The van der Waals surface area contributed by atoms with Gasteiger partial charge in [-0.1, -0.05) is 0 Å². The average molecular weight is 390 g/mol. The van der Waals surface area contributed by atoms with E-state index in [4.69, 9.17) is 0 Å². The zero-order valence-electron chi connectivity index (χ0n) is 15.5. The van der Waals surface area contributed by atoms with E-state index in [1.807, 2.05) is 0 Å². The number of hydrogen-bond acceptors (Lipinski definition) is 4. The van der Waals surface area contributed by atoms with E-state index in [1.165, 1.54) is 30.9 Å². The van der Waals surface area contributed by atoms with Crippen molar-refractivity contribution in [2.75, 3.05) is 23.3 Å². The molecule has 1 fully saturated rings. The number of nitrogens with zero attached hydrogens (tertiary/aromatic N) is 3. The Labute approximate surface area is 159 Å². The Kier molecular flexibility index (Phi) is 5.43. The van der Waals surface area contributed by atoms with Gasteiger partial charge in [0.15, 0.2) is 11.6 Å². The van der Waals surface area contributed by atoms with E-state index < -0.39 is 28.8 Å². The van der Waals surface area contributed by atoms with E-state index in [9.17, 15) is 23.2 Å². The second-order valence-electron chi connectivity index (χ2n) is 6.65. The Bertz CT molecular complexity index is 1040. The van der Waals surface area contributed by atoms with Crippen LogP contribution in [0.2, 0.25) is 0 Å². The summed E-state index contributed by atoms with van der Waals surface area (Å²) in [6, 6.07) is 2.13. The van der Waals surface area contributed by atoms with Crippen LogP contribution in [0, 0.1) is 11.6 Å². The van der Waals surface area contributed by atoms with E-state index in [2.05, 4.69) is 5.32 Å². The summed E-state index contributed by atoms with van der Waals surface area (Å²) in [5.41, 5.74) is -1.03. The highest BCUT2D eigenvalue weighted by Gasteiger charge is 2.21. The maximum absolute atomic E-state index is 14.3. The molecule has 1 aromatic carbocycles. The van der Waals surface area contributed by atoms with Crippen molar-refractivity contribution in [2.24, 2.45) is 14.1 Å². The number of nitrogens with one attached hydrogen (secondary N) is 1. The molecule has 3 rings (SSSR count). The minimum absolute atomic E-state index is 0.0269.